The lowest BCUT2D eigenvalue weighted by atomic mass is 10.1. The number of ether oxygens (including phenoxy) is 1. The highest BCUT2D eigenvalue weighted by atomic mass is 16.5. The Labute approximate surface area is 156 Å². The number of hydrogen-bond acceptors (Lipinski definition) is 6. The van der Waals surface area contributed by atoms with E-state index in [1.165, 1.54) is 0 Å². The topological polar surface area (TPSA) is 87.1 Å². The largest absolute Gasteiger partial charge is 0.489 e. The first-order chi connectivity index (χ1) is 13.3. The van der Waals surface area contributed by atoms with Gasteiger partial charge in [0.05, 0.1) is 12.0 Å². The van der Waals surface area contributed by atoms with Crippen molar-refractivity contribution in [2.45, 2.75) is 13.0 Å². The van der Waals surface area contributed by atoms with Gasteiger partial charge < -0.3 is 14.9 Å². The average Bonchev–Trinajstić information content (AvgIpc) is 3.17. The van der Waals surface area contributed by atoms with E-state index in [-0.39, 0.29) is 0 Å². The van der Waals surface area contributed by atoms with Gasteiger partial charge in [-0.25, -0.2) is 4.98 Å². The first-order valence-electron chi connectivity index (χ1n) is 8.57. The zero-order valence-electron chi connectivity index (χ0n) is 14.6. The monoisotopic (exact) mass is 358 g/mol. The predicted octanol–water partition coefficient (Wildman–Crippen LogP) is 3.88. The number of anilines is 1. The molecule has 6 heteroatoms. The van der Waals surface area contributed by atoms with Gasteiger partial charge in [0.1, 0.15) is 18.2 Å². The molecule has 0 spiro atoms. The average molecular weight is 358 g/mol. The lowest BCUT2D eigenvalue weighted by molar-refractivity contribution is 0.306. The predicted molar refractivity (Wildman–Crippen MR) is 102 cm³/mol. The van der Waals surface area contributed by atoms with E-state index in [0.717, 1.165) is 16.9 Å². The molecule has 2 heterocycles. The highest BCUT2D eigenvalue weighted by Crippen LogP contribution is 2.23. The van der Waals surface area contributed by atoms with Crippen molar-refractivity contribution in [3.05, 3.63) is 89.9 Å². The van der Waals surface area contributed by atoms with Crippen molar-refractivity contribution < 1.29 is 9.15 Å². The summed E-state index contributed by atoms with van der Waals surface area (Å²) in [6.07, 6.45) is 2.16. The van der Waals surface area contributed by atoms with Gasteiger partial charge >= 0.3 is 0 Å². The molecule has 2 N–H and O–H groups in total. The maximum atomic E-state index is 5.85. The molecule has 0 aliphatic carbocycles. The third kappa shape index (κ3) is 4.12. The third-order valence-electron chi connectivity index (χ3n) is 4.06. The van der Waals surface area contributed by atoms with Gasteiger partial charge in [-0.1, -0.05) is 42.5 Å². The van der Waals surface area contributed by atoms with Crippen LogP contribution in [0.2, 0.25) is 0 Å². The second kappa shape index (κ2) is 7.70. The molecule has 0 fully saturated rings. The summed E-state index contributed by atoms with van der Waals surface area (Å²) in [4.78, 5) is 4.03. The molecule has 27 heavy (non-hydrogen) atoms. The maximum absolute atomic E-state index is 5.85. The highest BCUT2D eigenvalue weighted by molar-refractivity contribution is 5.66. The summed E-state index contributed by atoms with van der Waals surface area (Å²) in [6, 6.07) is 21.5. The molecule has 0 saturated heterocycles. The van der Waals surface area contributed by atoms with E-state index >= 15 is 0 Å². The van der Waals surface area contributed by atoms with Gasteiger partial charge in [-0.15, -0.1) is 10.2 Å². The van der Waals surface area contributed by atoms with Gasteiger partial charge in [-0.3, -0.25) is 0 Å². The van der Waals surface area contributed by atoms with Crippen LogP contribution < -0.4 is 10.5 Å². The van der Waals surface area contributed by atoms with Crippen LogP contribution in [-0.4, -0.2) is 15.2 Å². The number of nitrogens with zero attached hydrogens (tertiary/aromatic N) is 3. The Morgan fingerprint density at radius 3 is 2.44 bits per heavy atom. The molecular weight excluding hydrogens is 340 g/mol. The first-order valence-corrected chi connectivity index (χ1v) is 8.57. The van der Waals surface area contributed by atoms with Gasteiger partial charge in [-0.05, 0) is 35.4 Å². The van der Waals surface area contributed by atoms with Crippen LogP contribution in [0, 0.1) is 0 Å². The number of nitrogen functional groups attached to an aromatic ring is 1. The van der Waals surface area contributed by atoms with Gasteiger partial charge in [0, 0.05) is 6.20 Å². The summed E-state index contributed by atoms with van der Waals surface area (Å²) >= 11 is 0. The number of aromatic nitrogens is 3. The summed E-state index contributed by atoms with van der Waals surface area (Å²) < 4.78 is 11.5. The van der Waals surface area contributed by atoms with Crippen LogP contribution in [0.3, 0.4) is 0 Å². The van der Waals surface area contributed by atoms with Crippen molar-refractivity contribution in [3.63, 3.8) is 0 Å². The maximum Gasteiger partial charge on any atom is 0.251 e. The first kappa shape index (κ1) is 16.8. The van der Waals surface area contributed by atoms with Crippen LogP contribution in [0.4, 0.5) is 5.82 Å². The normalized spacial score (nSPS) is 10.7. The van der Waals surface area contributed by atoms with Crippen LogP contribution in [0.25, 0.3) is 11.5 Å². The minimum absolute atomic E-state index is 0.368. The fourth-order valence-corrected chi connectivity index (χ4v) is 2.65. The summed E-state index contributed by atoms with van der Waals surface area (Å²) in [6.45, 7) is 0.541. The zero-order valence-corrected chi connectivity index (χ0v) is 14.6. The second-order valence-electron chi connectivity index (χ2n) is 6.03. The molecule has 0 bridgehead atoms. The fraction of sp³-hybridized carbons (Fsp3) is 0.0952. The van der Waals surface area contributed by atoms with Crippen molar-refractivity contribution >= 4 is 5.82 Å². The molecule has 0 aliphatic heterocycles. The number of rotatable bonds is 6. The Morgan fingerprint density at radius 2 is 1.67 bits per heavy atom. The summed E-state index contributed by atoms with van der Waals surface area (Å²) in [5, 5.41) is 8.16. The molecule has 134 valence electrons. The summed E-state index contributed by atoms with van der Waals surface area (Å²) in [7, 11) is 0. The Balaban J connectivity index is 1.39. The van der Waals surface area contributed by atoms with Crippen molar-refractivity contribution in [1.82, 2.24) is 15.2 Å². The van der Waals surface area contributed by atoms with Gasteiger partial charge in [0.25, 0.3) is 5.89 Å². The number of nitrogens with two attached hydrogens (primary N) is 1. The SMILES string of the molecule is Nc1ncccc1-c1nnc(Cc2ccc(OCc3ccccc3)cc2)o1. The van der Waals surface area contributed by atoms with E-state index in [0.29, 0.717) is 36.2 Å². The van der Waals surface area contributed by atoms with E-state index in [2.05, 4.69) is 15.2 Å². The second-order valence-corrected chi connectivity index (χ2v) is 6.03. The molecule has 6 nitrogen and oxygen atoms in total. The molecule has 0 radical (unpaired) electrons. The van der Waals surface area contributed by atoms with E-state index in [1.807, 2.05) is 54.6 Å². The Kier molecular flexibility index (Phi) is 4.78. The smallest absolute Gasteiger partial charge is 0.251 e. The van der Waals surface area contributed by atoms with E-state index in [9.17, 15) is 0 Å². The molecule has 2 aromatic heterocycles. The summed E-state index contributed by atoms with van der Waals surface area (Å²) in [5.74, 6) is 2.08. The van der Waals surface area contributed by atoms with Crippen LogP contribution in [-0.2, 0) is 13.0 Å². The molecule has 4 rings (SSSR count). The molecule has 0 amide bonds. The minimum atomic E-state index is 0.368. The van der Waals surface area contributed by atoms with Crippen molar-refractivity contribution in [2.24, 2.45) is 0 Å². The lowest BCUT2D eigenvalue weighted by Crippen LogP contribution is -1.95. The Hall–Kier alpha value is -3.67. The minimum Gasteiger partial charge on any atom is -0.489 e. The number of pyridine rings is 1. The van der Waals surface area contributed by atoms with Crippen LogP contribution >= 0.6 is 0 Å². The van der Waals surface area contributed by atoms with E-state index < -0.39 is 0 Å². The summed E-state index contributed by atoms with van der Waals surface area (Å²) in [5.41, 5.74) is 8.67. The van der Waals surface area contributed by atoms with Crippen molar-refractivity contribution in [1.29, 1.82) is 0 Å². The molecule has 2 aromatic carbocycles. The van der Waals surface area contributed by atoms with E-state index in [1.54, 1.807) is 18.3 Å². The number of benzene rings is 2. The lowest BCUT2D eigenvalue weighted by Gasteiger charge is -2.06. The molecule has 0 aliphatic rings. The van der Waals surface area contributed by atoms with Gasteiger partial charge in [-0.2, -0.15) is 0 Å². The van der Waals surface area contributed by atoms with Gasteiger partial charge in [0.15, 0.2) is 0 Å². The Morgan fingerprint density at radius 1 is 0.852 bits per heavy atom. The Bertz CT molecular complexity index is 1010. The van der Waals surface area contributed by atoms with Crippen LogP contribution in [0.15, 0.2) is 77.3 Å². The van der Waals surface area contributed by atoms with Crippen LogP contribution in [0.5, 0.6) is 5.75 Å². The molecule has 0 saturated carbocycles. The molecule has 4 aromatic rings. The molecular formula is C21H18N4O2. The third-order valence-corrected chi connectivity index (χ3v) is 4.06. The molecule has 0 unspecified atom stereocenters. The van der Waals surface area contributed by atoms with Crippen molar-refractivity contribution in [3.8, 4) is 17.2 Å². The highest BCUT2D eigenvalue weighted by Gasteiger charge is 2.12. The quantitative estimate of drug-likeness (QED) is 0.563. The van der Waals surface area contributed by atoms with Crippen molar-refractivity contribution in [2.75, 3.05) is 5.73 Å². The standard InChI is InChI=1S/C21H18N4O2/c22-20-18(7-4-12-23-20)21-25-24-19(27-21)13-15-8-10-17(11-9-15)26-14-16-5-2-1-3-6-16/h1-12H,13-14H2,(H2,22,23). The fourth-order valence-electron chi connectivity index (χ4n) is 2.65. The zero-order chi connectivity index (χ0) is 18.5. The van der Waals surface area contributed by atoms with E-state index in [4.69, 9.17) is 14.9 Å². The van der Waals surface area contributed by atoms with Crippen LogP contribution in [0.1, 0.15) is 17.0 Å². The molecule has 0 atom stereocenters. The number of hydrogen-bond donors (Lipinski definition) is 1. The van der Waals surface area contributed by atoms with Gasteiger partial charge in [0.2, 0.25) is 5.89 Å².